The molecule has 1 N–H and O–H groups in total. The number of para-hydroxylation sites is 2. The van der Waals surface area contributed by atoms with Crippen LogP contribution in [0.4, 0.5) is 11.7 Å². The van der Waals surface area contributed by atoms with Gasteiger partial charge in [0.15, 0.2) is 16.8 Å². The van der Waals surface area contributed by atoms with E-state index in [1.165, 1.54) is 6.92 Å². The van der Waals surface area contributed by atoms with Crippen LogP contribution in [0.15, 0.2) is 28.7 Å². The van der Waals surface area contributed by atoms with Gasteiger partial charge in [0.25, 0.3) is 0 Å². The summed E-state index contributed by atoms with van der Waals surface area (Å²) in [4.78, 5) is 20.3. The molecule has 0 aliphatic rings. The number of carbonyl (C=O) groups excluding carboxylic acids is 1. The number of nitrogens with zero attached hydrogens (tertiary/aromatic N) is 3. The summed E-state index contributed by atoms with van der Waals surface area (Å²) >= 11 is 6.13. The van der Waals surface area contributed by atoms with Crippen LogP contribution in [-0.4, -0.2) is 15.8 Å². The number of anilines is 2. The molecule has 23 heavy (non-hydrogen) atoms. The van der Waals surface area contributed by atoms with E-state index >= 15 is 0 Å². The number of carbonyl (C=O) groups is 1. The lowest BCUT2D eigenvalue weighted by atomic mass is 10.1. The Kier molecular flexibility index (Phi) is 3.72. The van der Waals surface area contributed by atoms with Crippen LogP contribution in [0.25, 0.3) is 11.0 Å². The van der Waals surface area contributed by atoms with E-state index in [1.807, 2.05) is 18.2 Å². The highest BCUT2D eigenvalue weighted by Crippen LogP contribution is 2.31. The van der Waals surface area contributed by atoms with E-state index in [-0.39, 0.29) is 33.8 Å². The maximum atomic E-state index is 11.7. The molecule has 0 unspecified atom stereocenters. The standard InChI is InChI=1S/C16H11ClN4O2/c1-8(22)13-9(2)23-16(10(13)7-18)21-15-14(17)19-11-5-3-4-6-12(11)20-15/h3-6H,1-2H3,(H,20,21). The normalized spacial score (nSPS) is 10.5. The number of halogens is 1. The van der Waals surface area contributed by atoms with E-state index in [9.17, 15) is 10.1 Å². The Morgan fingerprint density at radius 3 is 2.57 bits per heavy atom. The van der Waals surface area contributed by atoms with Crippen molar-refractivity contribution in [2.75, 3.05) is 5.32 Å². The molecule has 7 heteroatoms. The Bertz CT molecular complexity index is 972. The zero-order valence-corrected chi connectivity index (χ0v) is 13.1. The second-order valence-electron chi connectivity index (χ2n) is 4.88. The van der Waals surface area contributed by atoms with Crippen molar-refractivity contribution in [3.63, 3.8) is 0 Å². The van der Waals surface area contributed by atoms with Crippen LogP contribution in [0.2, 0.25) is 5.15 Å². The molecule has 6 nitrogen and oxygen atoms in total. The second kappa shape index (κ2) is 5.71. The summed E-state index contributed by atoms with van der Waals surface area (Å²) in [5.41, 5.74) is 1.68. The van der Waals surface area contributed by atoms with E-state index in [0.29, 0.717) is 16.8 Å². The van der Waals surface area contributed by atoms with Crippen LogP contribution < -0.4 is 5.32 Å². The van der Waals surface area contributed by atoms with Crippen molar-refractivity contribution in [3.05, 3.63) is 46.3 Å². The molecule has 0 amide bonds. The number of hydrogen-bond donors (Lipinski definition) is 1. The van der Waals surface area contributed by atoms with Crippen molar-refractivity contribution in [1.82, 2.24) is 9.97 Å². The smallest absolute Gasteiger partial charge is 0.217 e. The highest BCUT2D eigenvalue weighted by Gasteiger charge is 2.22. The van der Waals surface area contributed by atoms with Crippen molar-refractivity contribution in [3.8, 4) is 6.07 Å². The van der Waals surface area contributed by atoms with Gasteiger partial charge in [-0.2, -0.15) is 5.26 Å². The lowest BCUT2D eigenvalue weighted by Gasteiger charge is -2.06. The molecule has 0 saturated heterocycles. The third kappa shape index (κ3) is 2.62. The second-order valence-corrected chi connectivity index (χ2v) is 5.24. The minimum Gasteiger partial charge on any atom is -0.443 e. The molecule has 0 saturated carbocycles. The molecule has 3 aromatic rings. The Balaban J connectivity index is 2.10. The molecule has 0 radical (unpaired) electrons. The maximum Gasteiger partial charge on any atom is 0.217 e. The van der Waals surface area contributed by atoms with Crippen LogP contribution in [0.5, 0.6) is 0 Å². The van der Waals surface area contributed by atoms with Crippen LogP contribution in [0.3, 0.4) is 0 Å². The number of benzene rings is 1. The first-order valence-electron chi connectivity index (χ1n) is 6.75. The summed E-state index contributed by atoms with van der Waals surface area (Å²) in [6.45, 7) is 3.00. The predicted molar refractivity (Wildman–Crippen MR) is 86.0 cm³/mol. The average Bonchev–Trinajstić information content (AvgIpc) is 2.83. The summed E-state index contributed by atoms with van der Waals surface area (Å²) in [5, 5.41) is 12.3. The number of fused-ring (bicyclic) bond motifs is 1. The molecule has 2 aromatic heterocycles. The van der Waals surface area contributed by atoms with Crippen molar-refractivity contribution in [1.29, 1.82) is 5.26 Å². The van der Waals surface area contributed by atoms with Crippen molar-refractivity contribution < 1.29 is 9.21 Å². The average molecular weight is 327 g/mol. The first-order chi connectivity index (χ1) is 11.0. The fourth-order valence-corrected chi connectivity index (χ4v) is 2.51. The first-order valence-corrected chi connectivity index (χ1v) is 7.12. The zero-order chi connectivity index (χ0) is 16.6. The Morgan fingerprint density at radius 2 is 1.96 bits per heavy atom. The number of Topliss-reactive ketones (excluding diaryl/α,β-unsaturated/α-hetero) is 1. The fraction of sp³-hybridized carbons (Fsp3) is 0.125. The Hall–Kier alpha value is -2.91. The van der Waals surface area contributed by atoms with Gasteiger partial charge in [-0.1, -0.05) is 23.7 Å². The van der Waals surface area contributed by atoms with E-state index < -0.39 is 0 Å². The van der Waals surface area contributed by atoms with Crippen LogP contribution in [-0.2, 0) is 0 Å². The van der Waals surface area contributed by atoms with Crippen molar-refractivity contribution in [2.24, 2.45) is 0 Å². The van der Waals surface area contributed by atoms with Gasteiger partial charge < -0.3 is 9.73 Å². The molecule has 0 atom stereocenters. The van der Waals surface area contributed by atoms with Gasteiger partial charge in [-0.05, 0) is 26.0 Å². The predicted octanol–water partition coefficient (Wildman–Crippen LogP) is 4.00. The Morgan fingerprint density at radius 1 is 1.30 bits per heavy atom. The molecule has 0 aliphatic heterocycles. The molecule has 0 spiro atoms. The molecule has 0 fully saturated rings. The number of aromatic nitrogens is 2. The largest absolute Gasteiger partial charge is 0.443 e. The number of rotatable bonds is 3. The van der Waals surface area contributed by atoms with Gasteiger partial charge in [0.1, 0.15) is 17.4 Å². The van der Waals surface area contributed by atoms with Crippen LogP contribution in [0, 0.1) is 18.3 Å². The molecule has 0 aliphatic carbocycles. The van der Waals surface area contributed by atoms with Crippen molar-refractivity contribution >= 4 is 40.1 Å². The molecule has 3 rings (SSSR count). The quantitative estimate of drug-likeness (QED) is 0.731. The molecular formula is C16H11ClN4O2. The van der Waals surface area contributed by atoms with Gasteiger partial charge in [-0.25, -0.2) is 9.97 Å². The third-order valence-corrected chi connectivity index (χ3v) is 3.57. The fourth-order valence-electron chi connectivity index (χ4n) is 2.33. The van der Waals surface area contributed by atoms with Gasteiger partial charge in [-0.15, -0.1) is 0 Å². The van der Waals surface area contributed by atoms with E-state index in [1.54, 1.807) is 19.1 Å². The molecule has 1 aromatic carbocycles. The van der Waals surface area contributed by atoms with E-state index in [2.05, 4.69) is 15.3 Å². The van der Waals surface area contributed by atoms with E-state index in [4.69, 9.17) is 16.0 Å². The summed E-state index contributed by atoms with van der Waals surface area (Å²) in [5.74, 6) is 0.500. The SMILES string of the molecule is CC(=O)c1c(C)oc(Nc2nc3ccccc3nc2Cl)c1C#N. The number of ketones is 1. The molecule has 2 heterocycles. The number of aryl methyl sites for hydroxylation is 1. The van der Waals surface area contributed by atoms with Gasteiger partial charge in [-0.3, -0.25) is 4.79 Å². The number of furan rings is 1. The lowest BCUT2D eigenvalue weighted by Crippen LogP contribution is -1.99. The van der Waals surface area contributed by atoms with Gasteiger partial charge in [0.2, 0.25) is 5.88 Å². The van der Waals surface area contributed by atoms with Crippen LogP contribution >= 0.6 is 11.6 Å². The molecule has 114 valence electrons. The summed E-state index contributed by atoms with van der Waals surface area (Å²) in [6, 6.07) is 9.24. The monoisotopic (exact) mass is 326 g/mol. The van der Waals surface area contributed by atoms with Gasteiger partial charge >= 0.3 is 0 Å². The highest BCUT2D eigenvalue weighted by atomic mass is 35.5. The minimum absolute atomic E-state index is 0.126. The zero-order valence-electron chi connectivity index (χ0n) is 12.3. The summed E-state index contributed by atoms with van der Waals surface area (Å²) in [6.07, 6.45) is 0. The van der Waals surface area contributed by atoms with Crippen molar-refractivity contribution in [2.45, 2.75) is 13.8 Å². The first kappa shape index (κ1) is 15.0. The highest BCUT2D eigenvalue weighted by molar-refractivity contribution is 6.32. The summed E-state index contributed by atoms with van der Waals surface area (Å²) < 4.78 is 5.49. The topological polar surface area (TPSA) is 91.8 Å². The van der Waals surface area contributed by atoms with E-state index in [0.717, 1.165) is 0 Å². The third-order valence-electron chi connectivity index (χ3n) is 3.31. The minimum atomic E-state index is -0.244. The number of hydrogen-bond acceptors (Lipinski definition) is 6. The maximum absolute atomic E-state index is 11.7. The van der Waals surface area contributed by atoms with Gasteiger partial charge in [0.05, 0.1) is 16.6 Å². The Labute approximate surface area is 136 Å². The molecular weight excluding hydrogens is 316 g/mol. The lowest BCUT2D eigenvalue weighted by molar-refractivity contribution is 0.101. The van der Waals surface area contributed by atoms with Gasteiger partial charge in [0, 0.05) is 0 Å². The number of nitriles is 1. The number of nitrogens with one attached hydrogen (secondary N) is 1. The molecule has 0 bridgehead atoms. The summed E-state index contributed by atoms with van der Waals surface area (Å²) in [7, 11) is 0. The van der Waals surface area contributed by atoms with Crippen LogP contribution in [0.1, 0.15) is 28.6 Å².